The first-order valence-corrected chi connectivity index (χ1v) is 21.2. The summed E-state index contributed by atoms with van der Waals surface area (Å²) in [5, 5.41) is 25.5. The number of nitrogen functional groups attached to an aromatic ring is 2. The molecule has 0 spiro atoms. The number of fused-ring (bicyclic) bond motifs is 1. The fourth-order valence-electron chi connectivity index (χ4n) is 5.52. The third-order valence-electron chi connectivity index (χ3n) is 8.64. The molecule has 4 aromatic rings. The number of imidazole rings is 1. The number of phosphoric acid groups is 2. The zero-order valence-electron chi connectivity index (χ0n) is 33.1. The number of hydrogen-bond acceptors (Lipinski definition) is 20. The molecule has 0 saturated carbocycles. The number of phosphoric ester groups is 2. The second-order valence-corrected chi connectivity index (χ2v) is 15.6. The minimum Gasteiger partial charge on any atom is -0.453 e. The molecule has 1 unspecified atom stereocenters. The molecule has 0 fully saturated rings. The highest BCUT2D eigenvalue weighted by Crippen LogP contribution is 2.48. The van der Waals surface area contributed by atoms with Gasteiger partial charge in [0.05, 0.1) is 32.8 Å². The molecule has 0 saturated heterocycles. The van der Waals surface area contributed by atoms with Crippen LogP contribution in [-0.4, -0.2) is 130 Å². The number of carbonyl (C=O) groups excluding carboxylic acids is 2. The molecule has 3 aromatic heterocycles. The number of aliphatic hydroxyl groups is 2. The van der Waals surface area contributed by atoms with E-state index in [4.69, 9.17) is 39.5 Å². The number of carbonyl (C=O) groups is 2. The predicted octanol–water partition coefficient (Wildman–Crippen LogP) is -0.549. The third kappa shape index (κ3) is 14.2. The second-order valence-electron chi connectivity index (χ2n) is 13.0. The zero-order chi connectivity index (χ0) is 45.6. The van der Waals surface area contributed by atoms with E-state index in [1.165, 1.54) is 6.08 Å². The van der Waals surface area contributed by atoms with Crippen LogP contribution in [0.3, 0.4) is 0 Å². The molecule has 0 bridgehead atoms. The number of nitrogens with one attached hydrogen (secondary N) is 1. The first kappa shape index (κ1) is 49.6. The number of esters is 1. The number of allylic oxidation sites excluding steroid dienone is 1. The van der Waals surface area contributed by atoms with E-state index >= 15 is 0 Å². The number of amides is 1. The Morgan fingerprint density at radius 1 is 0.919 bits per heavy atom. The van der Waals surface area contributed by atoms with Crippen LogP contribution in [0.15, 0.2) is 72.7 Å². The highest BCUT2D eigenvalue weighted by atomic mass is 31.2. The minimum absolute atomic E-state index is 0.0240. The van der Waals surface area contributed by atoms with Crippen molar-refractivity contribution in [2.75, 3.05) is 45.5 Å². The van der Waals surface area contributed by atoms with Gasteiger partial charge < -0.3 is 60.6 Å². The first-order valence-electron chi connectivity index (χ1n) is 18.2. The Bertz CT molecular complexity index is 2260. The van der Waals surface area contributed by atoms with Gasteiger partial charge in [-0.05, 0) is 18.1 Å². The van der Waals surface area contributed by atoms with Crippen LogP contribution >= 0.6 is 15.6 Å². The fourth-order valence-corrected chi connectivity index (χ4v) is 6.81. The summed E-state index contributed by atoms with van der Waals surface area (Å²) in [6.45, 7) is 1.05. The fraction of sp³-hybridized carbons (Fsp3) is 0.441. The van der Waals surface area contributed by atoms with Gasteiger partial charge in [-0.2, -0.15) is 4.98 Å². The van der Waals surface area contributed by atoms with Gasteiger partial charge in [-0.15, -0.1) is 6.58 Å². The van der Waals surface area contributed by atoms with Gasteiger partial charge in [0.2, 0.25) is 5.91 Å². The van der Waals surface area contributed by atoms with E-state index in [1.807, 2.05) is 0 Å². The number of nitrogens with two attached hydrogens (primary N) is 2. The predicted molar refractivity (Wildman–Crippen MR) is 213 cm³/mol. The Balaban J connectivity index is 1.66. The molecule has 0 aliphatic rings. The number of nitrogens with zero attached hydrogens (tertiary/aromatic N) is 6. The molecule has 1 aromatic carbocycles. The molecule has 62 heavy (non-hydrogen) atoms. The Morgan fingerprint density at radius 3 is 2.23 bits per heavy atom. The summed E-state index contributed by atoms with van der Waals surface area (Å²) < 4.78 is 63.7. The van der Waals surface area contributed by atoms with Crippen molar-refractivity contribution in [2.45, 2.75) is 62.4 Å². The molecule has 0 aliphatic carbocycles. The smallest absolute Gasteiger partial charge is 0.453 e. The van der Waals surface area contributed by atoms with E-state index in [9.17, 15) is 48.4 Å². The number of rotatable bonds is 26. The number of methoxy groups -OCH3 is 2. The molecule has 8 atom stereocenters. The van der Waals surface area contributed by atoms with Gasteiger partial charge >= 0.3 is 27.3 Å². The maximum Gasteiger partial charge on any atom is 0.472 e. The summed E-state index contributed by atoms with van der Waals surface area (Å²) in [6, 6.07) is 8.46. The van der Waals surface area contributed by atoms with E-state index < -0.39 is 95.9 Å². The van der Waals surface area contributed by atoms with Crippen molar-refractivity contribution in [3.8, 4) is 0 Å². The summed E-state index contributed by atoms with van der Waals surface area (Å²) in [5.41, 5.74) is 11.0. The highest BCUT2D eigenvalue weighted by molar-refractivity contribution is 7.47. The van der Waals surface area contributed by atoms with Crippen molar-refractivity contribution in [2.24, 2.45) is 0 Å². The largest absolute Gasteiger partial charge is 0.472 e. The van der Waals surface area contributed by atoms with Crippen molar-refractivity contribution >= 4 is 50.3 Å². The Kier molecular flexibility index (Phi) is 18.3. The maximum absolute atomic E-state index is 14.0. The van der Waals surface area contributed by atoms with Crippen LogP contribution in [0.1, 0.15) is 30.9 Å². The van der Waals surface area contributed by atoms with Gasteiger partial charge in [-0.3, -0.25) is 27.5 Å². The third-order valence-corrected chi connectivity index (χ3v) is 10.1. The highest BCUT2D eigenvalue weighted by Gasteiger charge is 2.42. The topological polar surface area (TPSA) is 377 Å². The molecule has 3 heterocycles. The number of ether oxygens (including phenoxy) is 4. The summed E-state index contributed by atoms with van der Waals surface area (Å²) in [4.78, 5) is 84.5. The van der Waals surface area contributed by atoms with Crippen LogP contribution in [0.25, 0.3) is 11.2 Å². The SMILES string of the molecule is C=CCCC(=O)N[C@@H](COCc1ccccc1)C(=O)O[C@@H]([C@@H](O)n1cnc2c(N)ncnc21)[C@@H](COP(=O)(O)O[C@@H]([C@@H](O)n1ccc(N)nc1=O)[C@@H](COP(=O)(O)O)OC)OC. The average Bonchev–Trinajstić information content (AvgIpc) is 3.67. The maximum atomic E-state index is 14.0. The molecule has 26 nitrogen and oxygen atoms in total. The summed E-state index contributed by atoms with van der Waals surface area (Å²) >= 11 is 0. The van der Waals surface area contributed by atoms with Crippen molar-refractivity contribution in [3.63, 3.8) is 0 Å². The van der Waals surface area contributed by atoms with Gasteiger partial charge in [0.15, 0.2) is 36.1 Å². The van der Waals surface area contributed by atoms with Crippen LogP contribution in [0.4, 0.5) is 11.6 Å². The van der Waals surface area contributed by atoms with E-state index in [0.717, 1.165) is 49.3 Å². The monoisotopic (exact) mass is 915 g/mol. The number of hydrogen-bond donors (Lipinski definition) is 8. The Labute approximate surface area is 352 Å². The standard InChI is InChI=1S/C34H47N9O17P2/c1-4-5-11-25(44)40-21(15-56-14-20-9-7-6-8-10-20)33(47)59-27(31(45)43-19-39-26-29(36)37-18-38-30(26)43)22(54-2)17-58-62(52,53)60-28(23(55-3)16-57-61(49,50)51)32(46)42-13-12-24(35)41-34(42)48/h4,6-10,12-13,18-19,21-23,27-28,31-32,45-46H,1,5,11,14-17H2,2-3H3,(H,40,44)(H,52,53)(H2,35,41,48)(H2,36,37,38)(H2,49,50,51)/t21-,22+,23+,27+,28+,31+,32+/m0/s1. The van der Waals surface area contributed by atoms with Gasteiger partial charge in [0.25, 0.3) is 0 Å². The van der Waals surface area contributed by atoms with Gasteiger partial charge in [-0.1, -0.05) is 36.4 Å². The summed E-state index contributed by atoms with van der Waals surface area (Å²) in [6.07, 6.45) is -7.09. The van der Waals surface area contributed by atoms with Gasteiger partial charge in [-0.25, -0.2) is 33.7 Å². The molecule has 1 amide bonds. The Morgan fingerprint density at radius 2 is 1.58 bits per heavy atom. The van der Waals surface area contributed by atoms with Crippen molar-refractivity contribution < 1.29 is 76.1 Å². The second kappa shape index (κ2) is 22.9. The van der Waals surface area contributed by atoms with E-state index in [-0.39, 0.29) is 42.2 Å². The molecule has 340 valence electrons. The van der Waals surface area contributed by atoms with Gasteiger partial charge in [0, 0.05) is 26.8 Å². The minimum atomic E-state index is -5.54. The van der Waals surface area contributed by atoms with E-state index in [0.29, 0.717) is 4.57 Å². The van der Waals surface area contributed by atoms with Gasteiger partial charge in [0.1, 0.15) is 36.0 Å². The lowest BCUT2D eigenvalue weighted by molar-refractivity contribution is -0.181. The van der Waals surface area contributed by atoms with E-state index in [2.05, 4.69) is 36.4 Å². The first-order chi connectivity index (χ1) is 29.4. The number of anilines is 2. The van der Waals surface area contributed by atoms with Crippen LogP contribution in [0, 0.1) is 0 Å². The molecular formula is C34H47N9O17P2. The molecular weight excluding hydrogens is 868 g/mol. The van der Waals surface area contributed by atoms with Crippen molar-refractivity contribution in [3.05, 3.63) is 84.0 Å². The van der Waals surface area contributed by atoms with Crippen LogP contribution in [-0.2, 0) is 57.8 Å². The lowest BCUT2D eigenvalue weighted by Crippen LogP contribution is -2.49. The average molecular weight is 916 g/mol. The quantitative estimate of drug-likeness (QED) is 0.0222. The lowest BCUT2D eigenvalue weighted by Gasteiger charge is -2.33. The summed E-state index contributed by atoms with van der Waals surface area (Å²) in [7, 11) is -8.72. The molecule has 0 aliphatic heterocycles. The molecule has 4 rings (SSSR count). The normalized spacial score (nSPS) is 16.3. The molecule has 28 heteroatoms. The summed E-state index contributed by atoms with van der Waals surface area (Å²) in [5.74, 6) is -2.09. The number of benzene rings is 1. The van der Waals surface area contributed by atoms with Crippen LogP contribution in [0.2, 0.25) is 0 Å². The van der Waals surface area contributed by atoms with Crippen LogP contribution in [0.5, 0.6) is 0 Å². The van der Waals surface area contributed by atoms with Crippen LogP contribution < -0.4 is 22.5 Å². The number of aliphatic hydroxyl groups excluding tert-OH is 2. The van der Waals surface area contributed by atoms with Crippen molar-refractivity contribution in [1.29, 1.82) is 0 Å². The lowest BCUT2D eigenvalue weighted by atomic mass is 10.1. The van der Waals surface area contributed by atoms with Crippen molar-refractivity contribution in [1.82, 2.24) is 34.4 Å². The number of aromatic nitrogens is 6. The molecule has 10 N–H and O–H groups in total. The molecule has 0 radical (unpaired) electrons. The Hall–Kier alpha value is -5.05. The van der Waals surface area contributed by atoms with E-state index in [1.54, 1.807) is 30.3 Å². The zero-order valence-corrected chi connectivity index (χ0v) is 34.9.